The van der Waals surface area contributed by atoms with Gasteiger partial charge in [-0.05, 0) is 53.3 Å². The molecule has 0 aliphatic carbocycles. The van der Waals surface area contributed by atoms with Crippen LogP contribution in [0.15, 0.2) is 30.3 Å². The summed E-state index contributed by atoms with van der Waals surface area (Å²) in [4.78, 5) is 27.1. The Bertz CT molecular complexity index is 583. The lowest BCUT2D eigenvalue weighted by Gasteiger charge is -2.33. The number of likely N-dealkylation sites (N-methyl/N-ethyl adjacent to an activating group) is 1. The zero-order valence-electron chi connectivity index (χ0n) is 17.0. The van der Waals surface area contributed by atoms with E-state index in [0.29, 0.717) is 26.0 Å². The number of nitrogens with zero attached hydrogens (tertiary/aromatic N) is 1. The van der Waals surface area contributed by atoms with Crippen LogP contribution in [0, 0.1) is 10.8 Å². The molecule has 1 aromatic rings. The van der Waals surface area contributed by atoms with Gasteiger partial charge in [-0.1, -0.05) is 37.3 Å². The molecule has 0 fully saturated rings. The minimum atomic E-state index is -0.761. The van der Waals surface area contributed by atoms with E-state index >= 15 is 0 Å². The third-order valence-electron chi connectivity index (χ3n) is 4.64. The molecule has 0 aliphatic heterocycles. The van der Waals surface area contributed by atoms with E-state index in [-0.39, 0.29) is 18.5 Å². The molecule has 0 bridgehead atoms. The molecule has 1 unspecified atom stereocenters. The number of hydrogen-bond acceptors (Lipinski definition) is 5. The minimum Gasteiger partial charge on any atom is -0.464 e. The van der Waals surface area contributed by atoms with Crippen LogP contribution in [-0.4, -0.2) is 44.1 Å². The molecule has 0 heterocycles. The van der Waals surface area contributed by atoms with Gasteiger partial charge in [0, 0.05) is 6.54 Å². The van der Waals surface area contributed by atoms with Crippen LogP contribution in [0.5, 0.6) is 0 Å². The molecule has 0 saturated carbocycles. The van der Waals surface area contributed by atoms with E-state index in [2.05, 4.69) is 0 Å². The predicted octanol–water partition coefficient (Wildman–Crippen LogP) is 3.67. The summed E-state index contributed by atoms with van der Waals surface area (Å²) in [7, 11) is 3.85. The number of ether oxygens (including phenoxy) is 2. The first kappa shape index (κ1) is 22.2. The Labute approximate surface area is 157 Å². The van der Waals surface area contributed by atoms with Crippen molar-refractivity contribution in [1.82, 2.24) is 4.90 Å². The molecule has 0 amide bonds. The first-order valence-corrected chi connectivity index (χ1v) is 9.14. The van der Waals surface area contributed by atoms with Gasteiger partial charge in [0.1, 0.15) is 13.2 Å². The summed E-state index contributed by atoms with van der Waals surface area (Å²) in [6, 6.07) is 9.58. The second-order valence-electron chi connectivity index (χ2n) is 7.98. The third-order valence-corrected chi connectivity index (χ3v) is 4.64. The summed E-state index contributed by atoms with van der Waals surface area (Å²) in [5.41, 5.74) is -0.552. The van der Waals surface area contributed by atoms with Crippen molar-refractivity contribution >= 4 is 11.9 Å². The van der Waals surface area contributed by atoms with E-state index in [1.165, 1.54) is 0 Å². The summed E-state index contributed by atoms with van der Waals surface area (Å²) in [6.45, 7) is 8.70. The molecule has 1 aromatic carbocycles. The summed E-state index contributed by atoms with van der Waals surface area (Å²) in [6.07, 6.45) is 0.972. The van der Waals surface area contributed by atoms with Gasteiger partial charge in [-0.15, -0.1) is 0 Å². The molecule has 1 atom stereocenters. The van der Waals surface area contributed by atoms with Crippen molar-refractivity contribution in [3.63, 3.8) is 0 Å². The Morgan fingerprint density at radius 2 is 1.62 bits per heavy atom. The average molecular weight is 363 g/mol. The van der Waals surface area contributed by atoms with Gasteiger partial charge in [-0.25, -0.2) is 0 Å². The van der Waals surface area contributed by atoms with Gasteiger partial charge in [-0.3, -0.25) is 9.59 Å². The zero-order chi connectivity index (χ0) is 19.8. The maximum absolute atomic E-state index is 12.7. The number of benzene rings is 1. The van der Waals surface area contributed by atoms with Crippen molar-refractivity contribution in [3.8, 4) is 0 Å². The lowest BCUT2D eigenvalue weighted by Crippen LogP contribution is -2.39. The van der Waals surface area contributed by atoms with Gasteiger partial charge < -0.3 is 14.4 Å². The highest BCUT2D eigenvalue weighted by molar-refractivity contribution is 5.80. The van der Waals surface area contributed by atoms with Crippen LogP contribution in [-0.2, 0) is 25.7 Å². The zero-order valence-corrected chi connectivity index (χ0v) is 17.0. The fourth-order valence-corrected chi connectivity index (χ4v) is 2.80. The second kappa shape index (κ2) is 9.72. The molecule has 26 heavy (non-hydrogen) atoms. The summed E-state index contributed by atoms with van der Waals surface area (Å²) in [5.74, 6) is -0.562. The van der Waals surface area contributed by atoms with Crippen molar-refractivity contribution < 1.29 is 19.1 Å². The molecule has 5 heteroatoms. The smallest absolute Gasteiger partial charge is 0.312 e. The highest BCUT2D eigenvalue weighted by Gasteiger charge is 2.42. The molecule has 1 rings (SSSR count). The van der Waals surface area contributed by atoms with Crippen LogP contribution in [0.25, 0.3) is 0 Å². The Morgan fingerprint density at radius 3 is 2.15 bits per heavy atom. The molecule has 0 aromatic heterocycles. The van der Waals surface area contributed by atoms with Crippen LogP contribution >= 0.6 is 0 Å². The number of rotatable bonds is 10. The number of esters is 2. The standard InChI is InChI=1S/C21H33NO4/c1-7-21(4,19(24)26-15-17-11-9-8-10-12-17)16-20(2,3)18(23)25-14-13-22(5)6/h8-12H,7,13-16H2,1-6H3. The van der Waals surface area contributed by atoms with Gasteiger partial charge >= 0.3 is 11.9 Å². The Morgan fingerprint density at radius 1 is 1.00 bits per heavy atom. The van der Waals surface area contributed by atoms with Gasteiger partial charge in [0.05, 0.1) is 10.8 Å². The van der Waals surface area contributed by atoms with Crippen molar-refractivity contribution in [1.29, 1.82) is 0 Å². The van der Waals surface area contributed by atoms with Crippen LogP contribution < -0.4 is 0 Å². The van der Waals surface area contributed by atoms with Crippen molar-refractivity contribution in [2.24, 2.45) is 10.8 Å². The largest absolute Gasteiger partial charge is 0.464 e. The van der Waals surface area contributed by atoms with Crippen LogP contribution in [0.2, 0.25) is 0 Å². The van der Waals surface area contributed by atoms with Gasteiger partial charge in [0.2, 0.25) is 0 Å². The normalized spacial score (nSPS) is 14.0. The predicted molar refractivity (Wildman–Crippen MR) is 103 cm³/mol. The summed E-state index contributed by atoms with van der Waals surface area (Å²) >= 11 is 0. The first-order chi connectivity index (χ1) is 12.1. The lowest BCUT2D eigenvalue weighted by molar-refractivity contribution is -0.164. The number of hydrogen-bond donors (Lipinski definition) is 0. The third kappa shape index (κ3) is 6.79. The highest BCUT2D eigenvalue weighted by atomic mass is 16.5. The van der Waals surface area contributed by atoms with E-state index in [9.17, 15) is 9.59 Å². The molecular weight excluding hydrogens is 330 g/mol. The van der Waals surface area contributed by atoms with Crippen LogP contribution in [0.4, 0.5) is 0 Å². The van der Waals surface area contributed by atoms with Crippen LogP contribution in [0.3, 0.4) is 0 Å². The van der Waals surface area contributed by atoms with Crippen molar-refractivity contribution in [2.75, 3.05) is 27.2 Å². The van der Waals surface area contributed by atoms with E-state index in [0.717, 1.165) is 5.56 Å². The van der Waals surface area contributed by atoms with Crippen molar-refractivity contribution in [3.05, 3.63) is 35.9 Å². The summed E-state index contributed by atoms with van der Waals surface area (Å²) < 4.78 is 10.9. The minimum absolute atomic E-state index is 0.239. The Balaban J connectivity index is 2.68. The van der Waals surface area contributed by atoms with Gasteiger partial charge in [-0.2, -0.15) is 0 Å². The van der Waals surface area contributed by atoms with Crippen LogP contribution in [0.1, 0.15) is 46.1 Å². The van der Waals surface area contributed by atoms with E-state index < -0.39 is 10.8 Å². The van der Waals surface area contributed by atoms with Gasteiger partial charge in [0.15, 0.2) is 0 Å². The van der Waals surface area contributed by atoms with Gasteiger partial charge in [0.25, 0.3) is 0 Å². The second-order valence-corrected chi connectivity index (χ2v) is 7.98. The molecule has 146 valence electrons. The first-order valence-electron chi connectivity index (χ1n) is 9.14. The molecular formula is C21H33NO4. The monoisotopic (exact) mass is 363 g/mol. The molecule has 0 spiro atoms. The van der Waals surface area contributed by atoms with E-state index in [4.69, 9.17) is 9.47 Å². The molecule has 0 N–H and O–H groups in total. The maximum Gasteiger partial charge on any atom is 0.312 e. The topological polar surface area (TPSA) is 55.8 Å². The van der Waals surface area contributed by atoms with Crippen molar-refractivity contribution in [2.45, 2.75) is 47.1 Å². The average Bonchev–Trinajstić information content (AvgIpc) is 2.59. The molecule has 0 radical (unpaired) electrons. The quantitative estimate of drug-likeness (QED) is 0.594. The Hall–Kier alpha value is -1.88. The maximum atomic E-state index is 12.7. The van der Waals surface area contributed by atoms with E-state index in [1.807, 2.05) is 77.0 Å². The summed E-state index contributed by atoms with van der Waals surface area (Å²) in [5, 5.41) is 0. The van der Waals surface area contributed by atoms with E-state index in [1.54, 1.807) is 0 Å². The number of carbonyl (C=O) groups excluding carboxylic acids is 2. The molecule has 0 aliphatic rings. The SMILES string of the molecule is CCC(C)(CC(C)(C)C(=O)OCCN(C)C)C(=O)OCc1ccccc1. The molecule has 5 nitrogen and oxygen atoms in total. The fraction of sp³-hybridized carbons (Fsp3) is 0.619. The lowest BCUT2D eigenvalue weighted by atomic mass is 9.72. The fourth-order valence-electron chi connectivity index (χ4n) is 2.80. The number of carbonyl (C=O) groups is 2. The molecule has 0 saturated heterocycles. The Kier molecular flexibility index (Phi) is 8.28. The highest BCUT2D eigenvalue weighted by Crippen LogP contribution is 2.38.